The predicted molar refractivity (Wildman–Crippen MR) is 137 cm³/mol. The van der Waals surface area contributed by atoms with Crippen molar-refractivity contribution in [2.75, 3.05) is 40.5 Å². The van der Waals surface area contributed by atoms with Gasteiger partial charge in [0, 0.05) is 18.5 Å². The van der Waals surface area contributed by atoms with Gasteiger partial charge in [0.2, 0.25) is 0 Å². The van der Waals surface area contributed by atoms with Crippen LogP contribution in [-0.4, -0.2) is 68.0 Å². The number of methoxy groups -OCH3 is 2. The second-order valence-corrected chi connectivity index (χ2v) is 9.31. The van der Waals surface area contributed by atoms with Crippen molar-refractivity contribution in [2.45, 2.75) is 39.2 Å². The Morgan fingerprint density at radius 3 is 2.56 bits per heavy atom. The number of piperidine rings is 1. The van der Waals surface area contributed by atoms with E-state index in [1.807, 2.05) is 61.2 Å². The fourth-order valence-electron chi connectivity index (χ4n) is 4.92. The van der Waals surface area contributed by atoms with E-state index in [1.165, 1.54) is 0 Å². The van der Waals surface area contributed by atoms with E-state index in [4.69, 9.17) is 19.3 Å². The predicted octanol–water partition coefficient (Wildman–Crippen LogP) is 3.97. The van der Waals surface area contributed by atoms with Gasteiger partial charge in [-0.25, -0.2) is 5.01 Å². The largest absolute Gasteiger partial charge is 0.497 e. The number of likely N-dealkylation sites (tertiary alicyclic amines) is 1. The van der Waals surface area contributed by atoms with Crippen LogP contribution in [0.3, 0.4) is 0 Å². The molecule has 8 nitrogen and oxygen atoms in total. The van der Waals surface area contributed by atoms with E-state index >= 15 is 0 Å². The molecule has 2 aliphatic heterocycles. The lowest BCUT2D eigenvalue weighted by Crippen LogP contribution is -2.44. The van der Waals surface area contributed by atoms with Crippen molar-refractivity contribution in [2.24, 2.45) is 11.0 Å². The molecule has 2 aromatic carbocycles. The third kappa shape index (κ3) is 5.70. The quantitative estimate of drug-likeness (QED) is 0.518. The first-order valence-electron chi connectivity index (χ1n) is 12.5. The number of carbonyl (C=O) groups excluding carboxylic acids is 2. The number of ether oxygens (including phenoxy) is 3. The number of benzene rings is 2. The highest BCUT2D eigenvalue weighted by molar-refractivity contribution is 6.03. The molecule has 2 aliphatic rings. The minimum absolute atomic E-state index is 0.114. The van der Waals surface area contributed by atoms with Crippen LogP contribution in [-0.2, 0) is 14.3 Å². The van der Waals surface area contributed by atoms with Gasteiger partial charge in [-0.15, -0.1) is 0 Å². The Morgan fingerprint density at radius 2 is 1.86 bits per heavy atom. The molecule has 0 aromatic heterocycles. The summed E-state index contributed by atoms with van der Waals surface area (Å²) in [4.78, 5) is 28.0. The zero-order valence-corrected chi connectivity index (χ0v) is 21.5. The molecule has 1 saturated heterocycles. The number of esters is 1. The maximum atomic E-state index is 13.7. The summed E-state index contributed by atoms with van der Waals surface area (Å²) in [5.74, 6) is 0.867. The molecule has 192 valence electrons. The standard InChI is InChI=1S/C28H35N3O5/c1-5-36-28(33)21-7-6-14-30(17-21)18-27(32)31-25(23-15-22(34-3)12-13-26(23)35-4)16-24(29-31)20-10-8-19(2)9-11-20/h8-13,15,21,25H,5-7,14,16-18H2,1-4H3. The van der Waals surface area contributed by atoms with E-state index < -0.39 is 0 Å². The molecule has 0 spiro atoms. The topological polar surface area (TPSA) is 80.7 Å². The molecule has 8 heteroatoms. The zero-order chi connectivity index (χ0) is 25.7. The minimum atomic E-state index is -0.329. The van der Waals surface area contributed by atoms with Crippen molar-refractivity contribution < 1.29 is 23.8 Å². The summed E-state index contributed by atoms with van der Waals surface area (Å²) in [5, 5.41) is 6.40. The lowest BCUT2D eigenvalue weighted by molar-refractivity contribution is -0.150. The summed E-state index contributed by atoms with van der Waals surface area (Å²) < 4.78 is 16.3. The van der Waals surface area contributed by atoms with Crippen molar-refractivity contribution >= 4 is 17.6 Å². The van der Waals surface area contributed by atoms with Gasteiger partial charge in [-0.05, 0) is 57.0 Å². The van der Waals surface area contributed by atoms with Crippen LogP contribution in [0, 0.1) is 12.8 Å². The Labute approximate surface area is 212 Å². The second-order valence-electron chi connectivity index (χ2n) is 9.31. The van der Waals surface area contributed by atoms with Crippen LogP contribution in [0.2, 0.25) is 0 Å². The maximum absolute atomic E-state index is 13.7. The monoisotopic (exact) mass is 493 g/mol. The Bertz CT molecular complexity index is 1110. The van der Waals surface area contributed by atoms with Crippen LogP contribution < -0.4 is 9.47 Å². The molecular weight excluding hydrogens is 458 g/mol. The molecule has 1 amide bonds. The summed E-state index contributed by atoms with van der Waals surface area (Å²) in [7, 11) is 3.24. The highest BCUT2D eigenvalue weighted by atomic mass is 16.5. The molecule has 36 heavy (non-hydrogen) atoms. The molecule has 0 bridgehead atoms. The molecule has 2 unspecified atom stereocenters. The zero-order valence-electron chi connectivity index (χ0n) is 21.5. The highest BCUT2D eigenvalue weighted by Gasteiger charge is 2.37. The van der Waals surface area contributed by atoms with Gasteiger partial charge in [0.05, 0.1) is 45.0 Å². The first kappa shape index (κ1) is 25.7. The highest BCUT2D eigenvalue weighted by Crippen LogP contribution is 2.39. The van der Waals surface area contributed by atoms with E-state index in [0.29, 0.717) is 31.1 Å². The van der Waals surface area contributed by atoms with E-state index in [9.17, 15) is 9.59 Å². The van der Waals surface area contributed by atoms with Crippen molar-refractivity contribution in [3.8, 4) is 11.5 Å². The number of hydrazone groups is 1. The second kappa shape index (κ2) is 11.6. The summed E-state index contributed by atoms with van der Waals surface area (Å²) in [6, 6.07) is 13.5. The summed E-state index contributed by atoms with van der Waals surface area (Å²) in [5.41, 5.74) is 3.85. The normalized spacial score (nSPS) is 20.1. The number of nitrogens with zero attached hydrogens (tertiary/aromatic N) is 3. The van der Waals surface area contributed by atoms with Gasteiger partial charge < -0.3 is 14.2 Å². The van der Waals surface area contributed by atoms with Crippen molar-refractivity contribution in [1.29, 1.82) is 0 Å². The minimum Gasteiger partial charge on any atom is -0.497 e. The molecule has 4 rings (SSSR count). The van der Waals surface area contributed by atoms with Crippen LogP contribution in [0.4, 0.5) is 0 Å². The van der Waals surface area contributed by atoms with Crippen molar-refractivity contribution in [3.05, 3.63) is 59.2 Å². The molecule has 0 N–H and O–H groups in total. The maximum Gasteiger partial charge on any atom is 0.310 e. The molecule has 2 heterocycles. The van der Waals surface area contributed by atoms with E-state index in [1.54, 1.807) is 19.2 Å². The summed E-state index contributed by atoms with van der Waals surface area (Å²) in [6.07, 6.45) is 2.19. The molecule has 1 fully saturated rings. The lowest BCUT2D eigenvalue weighted by Gasteiger charge is -2.32. The van der Waals surface area contributed by atoms with E-state index in [0.717, 1.165) is 41.8 Å². The number of carbonyl (C=O) groups is 2. The number of rotatable bonds is 8. The third-order valence-corrected chi connectivity index (χ3v) is 6.83. The van der Waals surface area contributed by atoms with Crippen molar-refractivity contribution in [1.82, 2.24) is 9.91 Å². The van der Waals surface area contributed by atoms with E-state index in [2.05, 4.69) is 0 Å². The third-order valence-electron chi connectivity index (χ3n) is 6.83. The summed E-state index contributed by atoms with van der Waals surface area (Å²) >= 11 is 0. The van der Waals surface area contributed by atoms with Gasteiger partial charge in [0.1, 0.15) is 11.5 Å². The Kier molecular flexibility index (Phi) is 8.25. The van der Waals surface area contributed by atoms with Crippen LogP contribution in [0.1, 0.15) is 48.9 Å². The van der Waals surface area contributed by atoms with Gasteiger partial charge >= 0.3 is 5.97 Å². The number of aryl methyl sites for hydroxylation is 1. The number of amides is 1. The van der Waals surface area contributed by atoms with E-state index in [-0.39, 0.29) is 30.4 Å². The van der Waals surface area contributed by atoms with Crippen LogP contribution >= 0.6 is 0 Å². The number of hydrogen-bond donors (Lipinski definition) is 0. The Hall–Kier alpha value is -3.39. The van der Waals surface area contributed by atoms with Gasteiger partial charge in [-0.1, -0.05) is 29.8 Å². The summed E-state index contributed by atoms with van der Waals surface area (Å²) in [6.45, 7) is 5.68. The molecule has 0 radical (unpaired) electrons. The van der Waals surface area contributed by atoms with Gasteiger partial charge in [0.15, 0.2) is 0 Å². The SMILES string of the molecule is CCOC(=O)C1CCCN(CC(=O)N2N=C(c3ccc(C)cc3)CC2c2cc(OC)ccc2OC)C1. The van der Waals surface area contributed by atoms with Crippen LogP contribution in [0.5, 0.6) is 11.5 Å². The number of hydrogen-bond acceptors (Lipinski definition) is 7. The van der Waals surface area contributed by atoms with Crippen LogP contribution in [0.15, 0.2) is 47.6 Å². The van der Waals surface area contributed by atoms with Crippen LogP contribution in [0.25, 0.3) is 0 Å². The Balaban J connectivity index is 1.60. The molecule has 2 atom stereocenters. The smallest absolute Gasteiger partial charge is 0.310 e. The Morgan fingerprint density at radius 1 is 1.08 bits per heavy atom. The average molecular weight is 494 g/mol. The fraction of sp³-hybridized carbons (Fsp3) is 0.464. The molecule has 0 aliphatic carbocycles. The molecule has 2 aromatic rings. The first-order valence-corrected chi connectivity index (χ1v) is 12.5. The lowest BCUT2D eigenvalue weighted by atomic mass is 9.96. The molecular formula is C28H35N3O5. The first-order chi connectivity index (χ1) is 17.4. The molecule has 0 saturated carbocycles. The average Bonchev–Trinajstić information content (AvgIpc) is 3.34. The van der Waals surface area contributed by atoms with Gasteiger partial charge in [-0.3, -0.25) is 14.5 Å². The van der Waals surface area contributed by atoms with Gasteiger partial charge in [0.25, 0.3) is 5.91 Å². The van der Waals surface area contributed by atoms with Gasteiger partial charge in [-0.2, -0.15) is 5.10 Å². The fourth-order valence-corrected chi connectivity index (χ4v) is 4.92. The van der Waals surface area contributed by atoms with Crippen molar-refractivity contribution in [3.63, 3.8) is 0 Å².